The number of carbonyl (C=O) groups is 1. The number of fused-ring (bicyclic) bond motifs is 2. The van der Waals surface area contributed by atoms with Crippen LogP contribution < -0.4 is 15.0 Å². The number of aliphatic carboxylic acids is 1. The maximum absolute atomic E-state index is 15.5. The SMILES string of the molecule is Cc1c(-c2c([C@H](OC(C)(C)C)C(=O)O)n(C)c(=O)c3cc(OCc4cccs4)ccc23)cc(F)c2c1CCCO2. The molecule has 5 rings (SSSR count). The highest BCUT2D eigenvalue weighted by atomic mass is 32.1. The predicted octanol–water partition coefficient (Wildman–Crippen LogP) is 6.56. The molecule has 2 aromatic carbocycles. The zero-order chi connectivity index (χ0) is 28.8. The Bertz CT molecular complexity index is 1650. The number of aromatic nitrogens is 1. The summed E-state index contributed by atoms with van der Waals surface area (Å²) in [7, 11) is 1.52. The first kappa shape index (κ1) is 27.9. The van der Waals surface area contributed by atoms with Crippen molar-refractivity contribution in [3.8, 4) is 22.6 Å². The topological polar surface area (TPSA) is 87.0 Å². The first-order chi connectivity index (χ1) is 19.0. The molecule has 0 bridgehead atoms. The summed E-state index contributed by atoms with van der Waals surface area (Å²) in [6.45, 7) is 7.91. The third kappa shape index (κ3) is 5.23. The maximum Gasteiger partial charge on any atom is 0.339 e. The molecule has 1 N–H and O–H groups in total. The van der Waals surface area contributed by atoms with Gasteiger partial charge in [-0.15, -0.1) is 11.3 Å². The van der Waals surface area contributed by atoms with E-state index in [2.05, 4.69) is 0 Å². The first-order valence-electron chi connectivity index (χ1n) is 13.1. The summed E-state index contributed by atoms with van der Waals surface area (Å²) in [6.07, 6.45) is -0.110. The fraction of sp³-hybridized carbons (Fsp3) is 0.355. The molecule has 0 unspecified atom stereocenters. The number of nitrogens with zero attached hydrogens (tertiary/aromatic N) is 1. The van der Waals surface area contributed by atoms with Crippen LogP contribution in [0.4, 0.5) is 4.39 Å². The van der Waals surface area contributed by atoms with Crippen molar-refractivity contribution >= 4 is 28.1 Å². The molecule has 1 atom stereocenters. The quantitative estimate of drug-likeness (QED) is 0.273. The van der Waals surface area contributed by atoms with Gasteiger partial charge in [-0.2, -0.15) is 0 Å². The molecule has 210 valence electrons. The minimum Gasteiger partial charge on any atom is -0.490 e. The maximum atomic E-state index is 15.5. The van der Waals surface area contributed by atoms with Crippen LogP contribution in [-0.4, -0.2) is 27.9 Å². The van der Waals surface area contributed by atoms with Gasteiger partial charge in [0.05, 0.1) is 23.3 Å². The Hall–Kier alpha value is -3.69. The molecule has 0 saturated carbocycles. The lowest BCUT2D eigenvalue weighted by Crippen LogP contribution is -2.33. The van der Waals surface area contributed by atoms with E-state index in [-0.39, 0.29) is 11.4 Å². The summed E-state index contributed by atoms with van der Waals surface area (Å²) in [4.78, 5) is 27.4. The predicted molar refractivity (Wildman–Crippen MR) is 153 cm³/mol. The van der Waals surface area contributed by atoms with Gasteiger partial charge in [-0.1, -0.05) is 6.07 Å². The van der Waals surface area contributed by atoms with Crippen LogP contribution in [0.25, 0.3) is 21.9 Å². The number of rotatable bonds is 7. The lowest BCUT2D eigenvalue weighted by Gasteiger charge is -2.29. The van der Waals surface area contributed by atoms with Crippen LogP contribution in [0.15, 0.2) is 46.6 Å². The number of carboxylic acids is 1. The molecule has 3 heterocycles. The van der Waals surface area contributed by atoms with Gasteiger partial charge in [0.25, 0.3) is 5.56 Å². The highest BCUT2D eigenvalue weighted by Crippen LogP contribution is 2.43. The van der Waals surface area contributed by atoms with E-state index in [1.807, 2.05) is 24.4 Å². The van der Waals surface area contributed by atoms with Crippen LogP contribution in [-0.2, 0) is 29.6 Å². The minimum atomic E-state index is -1.48. The fourth-order valence-corrected chi connectivity index (χ4v) is 5.85. The molecule has 2 aromatic heterocycles. The number of benzene rings is 2. The molecule has 0 radical (unpaired) electrons. The second-order valence-electron chi connectivity index (χ2n) is 10.9. The van der Waals surface area contributed by atoms with Crippen molar-refractivity contribution in [2.45, 2.75) is 58.8 Å². The monoisotopic (exact) mass is 565 g/mol. The molecule has 0 fully saturated rings. The normalized spacial score (nSPS) is 14.1. The average molecular weight is 566 g/mol. The highest BCUT2D eigenvalue weighted by Gasteiger charge is 2.34. The highest BCUT2D eigenvalue weighted by molar-refractivity contribution is 7.09. The summed E-state index contributed by atoms with van der Waals surface area (Å²) in [5, 5.41) is 13.1. The minimum absolute atomic E-state index is 0.145. The van der Waals surface area contributed by atoms with Crippen molar-refractivity contribution in [1.82, 2.24) is 4.57 Å². The van der Waals surface area contributed by atoms with Crippen molar-refractivity contribution in [1.29, 1.82) is 0 Å². The number of pyridine rings is 1. The number of thiophene rings is 1. The molecule has 1 aliphatic rings. The molecule has 7 nitrogen and oxygen atoms in total. The smallest absolute Gasteiger partial charge is 0.339 e. The molecule has 0 aliphatic carbocycles. The van der Waals surface area contributed by atoms with Crippen molar-refractivity contribution < 1.29 is 28.5 Å². The number of carboxylic acid groups (broad SMARTS) is 1. The molecule has 0 spiro atoms. The van der Waals surface area contributed by atoms with E-state index in [4.69, 9.17) is 14.2 Å². The number of hydrogen-bond donors (Lipinski definition) is 1. The number of halogens is 1. The van der Waals surface area contributed by atoms with E-state index >= 15 is 4.39 Å². The van der Waals surface area contributed by atoms with Gasteiger partial charge in [0, 0.05) is 23.1 Å². The van der Waals surface area contributed by atoms with Crippen LogP contribution in [0, 0.1) is 12.7 Å². The third-order valence-corrected chi connectivity index (χ3v) is 7.87. The Morgan fingerprint density at radius 3 is 2.67 bits per heavy atom. The van der Waals surface area contributed by atoms with Gasteiger partial charge in [0.2, 0.25) is 0 Å². The van der Waals surface area contributed by atoms with E-state index in [9.17, 15) is 14.7 Å². The fourth-order valence-electron chi connectivity index (χ4n) is 5.24. The van der Waals surface area contributed by atoms with Gasteiger partial charge >= 0.3 is 5.97 Å². The third-order valence-electron chi connectivity index (χ3n) is 7.02. The Balaban J connectivity index is 1.80. The molecule has 1 aliphatic heterocycles. The van der Waals surface area contributed by atoms with Crippen molar-refractivity contribution in [2.75, 3.05) is 6.61 Å². The van der Waals surface area contributed by atoms with Crippen LogP contribution in [0.1, 0.15) is 55.0 Å². The Labute approximate surface area is 235 Å². The standard InChI is InChI=1S/C31H32FNO6S/c1-17-20-9-6-12-37-27(20)24(32)15-22(17)25-21-11-10-18(38-16-19-8-7-13-40-19)14-23(21)29(34)33(5)26(25)28(30(35)36)39-31(2,3)4/h7-8,10-11,13-15,28H,6,9,12,16H2,1-5H3,(H,35,36)/t28-/m0/s1. The van der Waals surface area contributed by atoms with Gasteiger partial charge in [0.1, 0.15) is 12.4 Å². The molecule has 4 aromatic rings. The lowest BCUT2D eigenvalue weighted by molar-refractivity contribution is -0.161. The molecular weight excluding hydrogens is 533 g/mol. The summed E-state index contributed by atoms with van der Waals surface area (Å²) < 4.78 is 34.4. The summed E-state index contributed by atoms with van der Waals surface area (Å²) in [6, 6.07) is 10.4. The van der Waals surface area contributed by atoms with E-state index in [0.29, 0.717) is 47.3 Å². The number of hydrogen-bond acceptors (Lipinski definition) is 6. The molecule has 9 heteroatoms. The second kappa shape index (κ2) is 10.7. The van der Waals surface area contributed by atoms with Crippen molar-refractivity contribution in [3.05, 3.63) is 79.6 Å². The Morgan fingerprint density at radius 1 is 1.23 bits per heavy atom. The summed E-state index contributed by atoms with van der Waals surface area (Å²) in [5.41, 5.74) is 1.35. The molecule has 0 amide bonds. The molecular formula is C31H32FNO6S. The van der Waals surface area contributed by atoms with Crippen LogP contribution in [0.5, 0.6) is 11.5 Å². The van der Waals surface area contributed by atoms with Crippen LogP contribution >= 0.6 is 11.3 Å². The van der Waals surface area contributed by atoms with Gasteiger partial charge in [-0.25, -0.2) is 9.18 Å². The van der Waals surface area contributed by atoms with E-state index < -0.39 is 29.1 Å². The summed E-state index contributed by atoms with van der Waals surface area (Å²) >= 11 is 1.57. The largest absolute Gasteiger partial charge is 0.490 e. The van der Waals surface area contributed by atoms with Crippen LogP contribution in [0.3, 0.4) is 0 Å². The Kier molecular flexibility index (Phi) is 7.46. The van der Waals surface area contributed by atoms with Gasteiger partial charge in [-0.3, -0.25) is 4.79 Å². The van der Waals surface area contributed by atoms with Gasteiger partial charge < -0.3 is 23.9 Å². The van der Waals surface area contributed by atoms with Crippen molar-refractivity contribution in [3.63, 3.8) is 0 Å². The van der Waals surface area contributed by atoms with E-state index in [1.54, 1.807) is 50.3 Å². The summed E-state index contributed by atoms with van der Waals surface area (Å²) in [5.74, 6) is -1.05. The van der Waals surface area contributed by atoms with Crippen molar-refractivity contribution in [2.24, 2.45) is 7.05 Å². The van der Waals surface area contributed by atoms with Crippen LogP contribution in [0.2, 0.25) is 0 Å². The average Bonchev–Trinajstić information content (AvgIpc) is 3.44. The zero-order valence-corrected chi connectivity index (χ0v) is 24.0. The second-order valence-corrected chi connectivity index (χ2v) is 12.0. The zero-order valence-electron chi connectivity index (χ0n) is 23.2. The molecule has 0 saturated heterocycles. The lowest BCUT2D eigenvalue weighted by atomic mass is 9.87. The van der Waals surface area contributed by atoms with Gasteiger partial charge in [-0.05, 0) is 92.8 Å². The first-order valence-corrected chi connectivity index (χ1v) is 14.0. The van der Waals surface area contributed by atoms with E-state index in [0.717, 1.165) is 22.4 Å². The van der Waals surface area contributed by atoms with E-state index in [1.165, 1.54) is 17.7 Å². The molecule has 40 heavy (non-hydrogen) atoms. The number of ether oxygens (including phenoxy) is 3. The van der Waals surface area contributed by atoms with Gasteiger partial charge in [0.15, 0.2) is 17.7 Å². The Morgan fingerprint density at radius 2 is 2.00 bits per heavy atom.